The predicted molar refractivity (Wildman–Crippen MR) is 195 cm³/mol. The number of rotatable bonds is 7. The van der Waals surface area contributed by atoms with Crippen molar-refractivity contribution in [2.24, 2.45) is 5.92 Å². The lowest BCUT2D eigenvalue weighted by Gasteiger charge is -2.29. The van der Waals surface area contributed by atoms with Gasteiger partial charge < -0.3 is 30.5 Å². The standard InChI is InChI=1S/C38H41N7O7S/c1-22-27(10-8-12-30(22)46)33(47)40-28-11-7-5-3-4-6-9-24-20-38(24,37(50)51)41-34(48)29-19-25(21-44(29)36(28)49)45-42-31(23-13-15-26(52-2)16-14-23)32(43-45)35-39-17-18-53-35/h6,8-10,12-18,24-25,28-29,46H,3-5,7,11,19-21H2,1-2H3,(H,40,47)(H,41,48)(H,50,51)/b9-6-/t24-,25-,28+,29+,38+/m1/s1. The van der Waals surface area contributed by atoms with Crippen LogP contribution in [0.2, 0.25) is 0 Å². The average Bonchev–Trinajstić information content (AvgIpc) is 3.61. The molecule has 1 aliphatic carbocycles. The van der Waals surface area contributed by atoms with Crippen molar-refractivity contribution in [3.63, 3.8) is 0 Å². The highest BCUT2D eigenvalue weighted by Crippen LogP contribution is 2.46. The fourth-order valence-corrected chi connectivity index (χ4v) is 7.89. The lowest BCUT2D eigenvalue weighted by atomic mass is 10.0. The van der Waals surface area contributed by atoms with Crippen molar-refractivity contribution in [2.45, 2.75) is 75.5 Å². The summed E-state index contributed by atoms with van der Waals surface area (Å²) in [5, 5.41) is 38.5. The van der Waals surface area contributed by atoms with Crippen molar-refractivity contribution in [2.75, 3.05) is 13.7 Å². The number of hydrogen-bond acceptors (Lipinski definition) is 10. The van der Waals surface area contributed by atoms with Crippen LogP contribution in [0.5, 0.6) is 11.5 Å². The van der Waals surface area contributed by atoms with Gasteiger partial charge in [-0.25, -0.2) is 9.78 Å². The van der Waals surface area contributed by atoms with Gasteiger partial charge in [0, 0.05) is 47.2 Å². The fraction of sp³-hybridized carbons (Fsp3) is 0.395. The van der Waals surface area contributed by atoms with E-state index < -0.39 is 47.4 Å². The van der Waals surface area contributed by atoms with Crippen LogP contribution in [0.3, 0.4) is 0 Å². The van der Waals surface area contributed by atoms with Gasteiger partial charge in [0.2, 0.25) is 11.8 Å². The van der Waals surface area contributed by atoms with Crippen molar-refractivity contribution < 1.29 is 34.1 Å². The molecule has 1 saturated heterocycles. The molecule has 1 saturated carbocycles. The molecule has 14 nitrogen and oxygen atoms in total. The third-order valence-electron chi connectivity index (χ3n) is 10.4. The van der Waals surface area contributed by atoms with Gasteiger partial charge in [0.05, 0.1) is 13.2 Å². The second-order valence-electron chi connectivity index (χ2n) is 13.8. The Balaban J connectivity index is 1.25. The van der Waals surface area contributed by atoms with Crippen LogP contribution in [0.1, 0.15) is 66.9 Å². The average molecular weight is 740 g/mol. The van der Waals surface area contributed by atoms with Gasteiger partial charge >= 0.3 is 5.97 Å². The number of nitrogens with zero attached hydrogens (tertiary/aromatic N) is 5. The maximum atomic E-state index is 14.6. The fourth-order valence-electron chi connectivity index (χ4n) is 7.26. The number of aromatic nitrogens is 4. The molecule has 3 aliphatic rings. The van der Waals surface area contributed by atoms with Crippen LogP contribution in [0.4, 0.5) is 0 Å². The summed E-state index contributed by atoms with van der Waals surface area (Å²) in [6, 6.07) is 9.38. The molecule has 0 radical (unpaired) electrons. The Kier molecular flexibility index (Phi) is 10.0. The maximum Gasteiger partial charge on any atom is 0.330 e. The van der Waals surface area contributed by atoms with Gasteiger partial charge in [0.25, 0.3) is 5.91 Å². The monoisotopic (exact) mass is 739 g/mol. The maximum absolute atomic E-state index is 14.6. The number of nitrogens with one attached hydrogen (secondary N) is 2. The van der Waals surface area contributed by atoms with E-state index in [1.165, 1.54) is 27.1 Å². The summed E-state index contributed by atoms with van der Waals surface area (Å²) >= 11 is 1.40. The van der Waals surface area contributed by atoms with Crippen molar-refractivity contribution in [3.05, 3.63) is 77.3 Å². The van der Waals surface area contributed by atoms with E-state index in [0.717, 1.165) is 24.8 Å². The smallest absolute Gasteiger partial charge is 0.330 e. The minimum Gasteiger partial charge on any atom is -0.508 e. The normalized spacial score (nSPS) is 25.3. The number of thiazole rings is 1. The van der Waals surface area contributed by atoms with Crippen molar-refractivity contribution in [1.29, 1.82) is 0 Å². The number of carboxylic acid groups (broad SMARTS) is 1. The Morgan fingerprint density at radius 2 is 1.87 bits per heavy atom. The summed E-state index contributed by atoms with van der Waals surface area (Å²) in [7, 11) is 1.59. The highest BCUT2D eigenvalue weighted by Gasteiger charge is 2.61. The zero-order valence-corrected chi connectivity index (χ0v) is 30.2. The van der Waals surface area contributed by atoms with Gasteiger partial charge in [-0.1, -0.05) is 31.1 Å². The Morgan fingerprint density at radius 3 is 2.60 bits per heavy atom. The zero-order valence-electron chi connectivity index (χ0n) is 29.4. The number of aromatic hydroxyl groups is 1. The zero-order chi connectivity index (χ0) is 37.3. The van der Waals surface area contributed by atoms with Crippen LogP contribution in [0, 0.1) is 12.8 Å². The minimum atomic E-state index is -1.47. The molecule has 276 valence electrons. The van der Waals surface area contributed by atoms with Gasteiger partial charge in [-0.2, -0.15) is 9.90 Å². The molecule has 4 heterocycles. The van der Waals surface area contributed by atoms with E-state index in [1.807, 2.05) is 41.8 Å². The molecule has 5 atom stereocenters. The number of methoxy groups -OCH3 is 1. The SMILES string of the molecule is COc1ccc(-c2nn([C@@H]3C[C@H]4C(=O)N[C@@]5(C(=O)O)C[C@H]5/C=C\CCCCC[C@H](NC(=O)c5cccc(O)c5C)C(=O)N4C3)nc2-c2nccs2)cc1. The first-order valence-corrected chi connectivity index (χ1v) is 18.6. The van der Waals surface area contributed by atoms with Crippen LogP contribution in [0.25, 0.3) is 22.0 Å². The van der Waals surface area contributed by atoms with Crippen molar-refractivity contribution in [1.82, 2.24) is 35.5 Å². The predicted octanol–water partition coefficient (Wildman–Crippen LogP) is 4.51. The van der Waals surface area contributed by atoms with E-state index in [-0.39, 0.29) is 36.6 Å². The molecule has 4 aromatic rings. The number of carbonyl (C=O) groups excluding carboxylic acids is 3. The molecule has 2 aromatic carbocycles. The summed E-state index contributed by atoms with van der Waals surface area (Å²) in [6.07, 6.45) is 9.11. The first-order chi connectivity index (χ1) is 25.6. The number of amides is 3. The van der Waals surface area contributed by atoms with Crippen LogP contribution < -0.4 is 15.4 Å². The summed E-state index contributed by atoms with van der Waals surface area (Å²) in [4.78, 5) is 62.4. The third-order valence-corrected chi connectivity index (χ3v) is 11.2. The number of ether oxygens (including phenoxy) is 1. The Morgan fingerprint density at radius 1 is 1.08 bits per heavy atom. The van der Waals surface area contributed by atoms with Crippen LogP contribution in [-0.2, 0) is 14.4 Å². The summed E-state index contributed by atoms with van der Waals surface area (Å²) in [5.41, 5.74) is 1.01. The first kappa shape index (κ1) is 35.8. The number of aliphatic carboxylic acids is 1. The quantitative estimate of drug-likeness (QED) is 0.196. The second-order valence-corrected chi connectivity index (χ2v) is 14.7. The van der Waals surface area contributed by atoms with Gasteiger partial charge in [0.15, 0.2) is 0 Å². The molecule has 0 bridgehead atoms. The number of benzene rings is 2. The number of allylic oxidation sites excluding steroid dienone is 1. The van der Waals surface area contributed by atoms with Gasteiger partial charge in [-0.3, -0.25) is 14.4 Å². The van der Waals surface area contributed by atoms with E-state index >= 15 is 0 Å². The number of hydrogen-bond donors (Lipinski definition) is 4. The van der Waals surface area contributed by atoms with E-state index in [4.69, 9.17) is 14.9 Å². The van der Waals surface area contributed by atoms with E-state index in [1.54, 1.807) is 32.4 Å². The Hall–Kier alpha value is -5.57. The molecule has 2 aliphatic heterocycles. The topological polar surface area (TPSA) is 189 Å². The van der Waals surface area contributed by atoms with Crippen molar-refractivity contribution in [3.8, 4) is 33.5 Å². The largest absolute Gasteiger partial charge is 0.508 e. The number of carbonyl (C=O) groups is 4. The molecule has 0 unspecified atom stereocenters. The Labute approximate surface area is 309 Å². The molecule has 4 N–H and O–H groups in total. The van der Waals surface area contributed by atoms with E-state index in [9.17, 15) is 29.4 Å². The summed E-state index contributed by atoms with van der Waals surface area (Å²) < 4.78 is 5.34. The van der Waals surface area contributed by atoms with E-state index in [0.29, 0.717) is 40.6 Å². The molecule has 2 aromatic heterocycles. The molecule has 53 heavy (non-hydrogen) atoms. The molecule has 7 rings (SSSR count). The highest BCUT2D eigenvalue weighted by molar-refractivity contribution is 7.13. The summed E-state index contributed by atoms with van der Waals surface area (Å²) in [6.45, 7) is 1.66. The van der Waals surface area contributed by atoms with Gasteiger partial charge in [-0.15, -0.1) is 16.4 Å². The van der Waals surface area contributed by atoms with Gasteiger partial charge in [-0.05, 0) is 69.0 Å². The van der Waals surface area contributed by atoms with Gasteiger partial charge in [0.1, 0.15) is 45.5 Å². The first-order valence-electron chi connectivity index (χ1n) is 17.7. The molecule has 15 heteroatoms. The van der Waals surface area contributed by atoms with Crippen LogP contribution in [0.15, 0.2) is 66.2 Å². The van der Waals surface area contributed by atoms with E-state index in [2.05, 4.69) is 15.6 Å². The third kappa shape index (κ3) is 7.12. The minimum absolute atomic E-state index is 0.0336. The van der Waals surface area contributed by atoms with Crippen molar-refractivity contribution >= 4 is 35.0 Å². The number of phenolic OH excluding ortho intramolecular Hbond substituents is 1. The molecule has 2 fully saturated rings. The molecule has 3 amide bonds. The lowest BCUT2D eigenvalue weighted by molar-refractivity contribution is -0.145. The second kappa shape index (κ2) is 14.8. The highest BCUT2D eigenvalue weighted by atomic mass is 32.1. The number of fused-ring (bicyclic) bond motifs is 2. The number of phenols is 1. The number of carboxylic acids is 1. The van der Waals surface area contributed by atoms with Crippen LogP contribution in [-0.4, -0.2) is 90.1 Å². The lowest BCUT2D eigenvalue weighted by Crippen LogP contribution is -2.56. The summed E-state index contributed by atoms with van der Waals surface area (Å²) in [5.74, 6) is -2.44. The molecular formula is C38H41N7O7S. The van der Waals surface area contributed by atoms with Crippen LogP contribution >= 0.6 is 11.3 Å². The Bertz CT molecular complexity index is 2050. The molecular weight excluding hydrogens is 699 g/mol. The molecule has 0 spiro atoms.